The fourth-order valence-corrected chi connectivity index (χ4v) is 3.88. The van der Waals surface area contributed by atoms with Crippen molar-refractivity contribution < 1.29 is 19.3 Å². The Kier molecular flexibility index (Phi) is 7.97. The van der Waals surface area contributed by atoms with Gasteiger partial charge in [-0.25, -0.2) is 4.39 Å². The lowest BCUT2D eigenvalue weighted by atomic mass is 9.80. The van der Waals surface area contributed by atoms with Crippen molar-refractivity contribution in [3.63, 3.8) is 0 Å². The third-order valence-corrected chi connectivity index (χ3v) is 5.26. The van der Waals surface area contributed by atoms with Crippen LogP contribution >= 0.6 is 0 Å². The van der Waals surface area contributed by atoms with Crippen LogP contribution in [0.15, 0.2) is 102 Å². The molecule has 0 amide bonds. The Morgan fingerprint density at radius 2 is 1.09 bits per heavy atom. The summed E-state index contributed by atoms with van der Waals surface area (Å²) in [4.78, 5) is 0. The van der Waals surface area contributed by atoms with Gasteiger partial charge in [0.1, 0.15) is 11.4 Å². The highest BCUT2D eigenvalue weighted by atomic mass is 19.1. The molecule has 3 aromatic carbocycles. The highest BCUT2D eigenvalue weighted by Gasteiger charge is 2.38. The maximum atomic E-state index is 14.2. The maximum absolute atomic E-state index is 14.2. The summed E-state index contributed by atoms with van der Waals surface area (Å²) in [6, 6.07) is 30.6. The molecule has 32 heavy (non-hydrogen) atoms. The highest BCUT2D eigenvalue weighted by Crippen LogP contribution is 2.41. The van der Waals surface area contributed by atoms with Crippen LogP contribution in [0.3, 0.4) is 0 Å². The van der Waals surface area contributed by atoms with Crippen molar-refractivity contribution in [2.45, 2.75) is 44.5 Å². The highest BCUT2D eigenvalue weighted by molar-refractivity contribution is 5.47. The number of allylic oxidation sites excluding steroid dienone is 1. The molecule has 0 spiro atoms. The maximum Gasteiger partial charge on any atom is 0.156 e. The molecule has 0 saturated heterocycles. The Hall–Kier alpha value is -2.79. The van der Waals surface area contributed by atoms with Gasteiger partial charge in [-0.1, -0.05) is 91.0 Å². The van der Waals surface area contributed by atoms with Crippen molar-refractivity contribution in [2.24, 2.45) is 0 Å². The molecule has 0 fully saturated rings. The lowest BCUT2D eigenvalue weighted by Crippen LogP contribution is -2.33. The Bertz CT molecular complexity index is 890. The largest absolute Gasteiger partial charge is 0.366 e. The first-order valence-corrected chi connectivity index (χ1v) is 10.9. The normalized spacial score (nSPS) is 14.2. The summed E-state index contributed by atoms with van der Waals surface area (Å²) in [5.74, 6) is -1.50. The summed E-state index contributed by atoms with van der Waals surface area (Å²) in [5.41, 5.74) is 3.14. The van der Waals surface area contributed by atoms with Crippen molar-refractivity contribution in [1.82, 2.24) is 0 Å². The van der Waals surface area contributed by atoms with Crippen LogP contribution in [0.1, 0.15) is 49.8 Å². The molecule has 4 rings (SSSR count). The lowest BCUT2D eigenvalue weighted by Gasteiger charge is -2.36. The second-order valence-corrected chi connectivity index (χ2v) is 8.42. The molecule has 2 N–H and O–H groups in total. The zero-order valence-corrected chi connectivity index (χ0v) is 18.7. The predicted molar refractivity (Wildman–Crippen MR) is 126 cm³/mol. The van der Waals surface area contributed by atoms with Gasteiger partial charge in [0, 0.05) is 0 Å². The first-order chi connectivity index (χ1) is 15.3. The van der Waals surface area contributed by atoms with Crippen LogP contribution in [-0.4, -0.2) is 22.6 Å². The van der Waals surface area contributed by atoms with Gasteiger partial charge in [0.15, 0.2) is 5.79 Å². The van der Waals surface area contributed by atoms with E-state index in [4.69, 9.17) is 14.9 Å². The number of hydrogen-bond acceptors (Lipinski definition) is 3. The molecule has 0 bridgehead atoms. The summed E-state index contributed by atoms with van der Waals surface area (Å²) in [6.07, 6.45) is 2.19. The molecule has 3 aromatic rings. The molecule has 0 heterocycles. The fraction of sp³-hybridized carbons (Fsp3) is 0.286. The van der Waals surface area contributed by atoms with Gasteiger partial charge in [0.05, 0.1) is 6.61 Å². The van der Waals surface area contributed by atoms with Crippen LogP contribution in [0.5, 0.6) is 0 Å². The molecular weight excluding hydrogens is 403 g/mol. The molecule has 0 saturated carbocycles. The Morgan fingerprint density at radius 1 is 0.719 bits per heavy atom. The molecule has 1 aliphatic rings. The number of rotatable bonds is 6. The van der Waals surface area contributed by atoms with E-state index < -0.39 is 11.4 Å². The van der Waals surface area contributed by atoms with Gasteiger partial charge >= 0.3 is 0 Å². The molecule has 1 aliphatic carbocycles. The molecule has 3 nitrogen and oxygen atoms in total. The molecule has 0 aliphatic heterocycles. The quantitative estimate of drug-likeness (QED) is 0.364. The average Bonchev–Trinajstić information content (AvgIpc) is 3.20. The molecule has 4 heteroatoms. The summed E-state index contributed by atoms with van der Waals surface area (Å²) in [7, 11) is 0. The number of aliphatic hydroxyl groups is 2. The van der Waals surface area contributed by atoms with Gasteiger partial charge in [0.25, 0.3) is 0 Å². The second kappa shape index (κ2) is 10.7. The van der Waals surface area contributed by atoms with E-state index in [9.17, 15) is 4.39 Å². The van der Waals surface area contributed by atoms with E-state index in [-0.39, 0.29) is 5.83 Å². The Balaban J connectivity index is 0.000000523. The number of ether oxygens (including phenoxy) is 1. The minimum absolute atomic E-state index is 0.00177. The van der Waals surface area contributed by atoms with E-state index >= 15 is 0 Å². The van der Waals surface area contributed by atoms with E-state index in [1.54, 1.807) is 0 Å². The summed E-state index contributed by atoms with van der Waals surface area (Å²) in [6.45, 7) is 2.89. The minimum Gasteiger partial charge on any atom is -0.366 e. The van der Waals surface area contributed by atoms with Crippen molar-refractivity contribution in [2.75, 3.05) is 6.61 Å². The van der Waals surface area contributed by atoms with Crippen LogP contribution in [-0.2, 0) is 10.3 Å². The molecule has 0 radical (unpaired) electrons. The fourth-order valence-electron chi connectivity index (χ4n) is 3.88. The molecule has 0 aromatic heterocycles. The van der Waals surface area contributed by atoms with E-state index in [1.165, 1.54) is 13.8 Å². The van der Waals surface area contributed by atoms with Crippen molar-refractivity contribution >= 4 is 0 Å². The first kappa shape index (κ1) is 23.9. The third kappa shape index (κ3) is 6.13. The molecule has 0 unspecified atom stereocenters. The molecule has 0 atom stereocenters. The topological polar surface area (TPSA) is 49.7 Å². The van der Waals surface area contributed by atoms with E-state index in [0.717, 1.165) is 35.1 Å². The Morgan fingerprint density at radius 3 is 1.41 bits per heavy atom. The summed E-state index contributed by atoms with van der Waals surface area (Å²) < 4.78 is 20.8. The Labute approximate surface area is 189 Å². The van der Waals surface area contributed by atoms with Crippen molar-refractivity contribution in [3.05, 3.63) is 119 Å². The minimum atomic E-state index is -1.50. The van der Waals surface area contributed by atoms with Crippen LogP contribution in [0, 0.1) is 0 Å². The predicted octanol–water partition coefficient (Wildman–Crippen LogP) is 6.11. The number of benzene rings is 3. The lowest BCUT2D eigenvalue weighted by molar-refractivity contribution is -0.127. The van der Waals surface area contributed by atoms with E-state index in [0.29, 0.717) is 13.0 Å². The average molecular weight is 435 g/mol. The van der Waals surface area contributed by atoms with Crippen molar-refractivity contribution in [1.29, 1.82) is 0 Å². The number of halogens is 1. The summed E-state index contributed by atoms with van der Waals surface area (Å²) >= 11 is 0. The van der Waals surface area contributed by atoms with Gasteiger partial charge in [-0.3, -0.25) is 0 Å². The van der Waals surface area contributed by atoms with E-state index in [2.05, 4.69) is 36.4 Å². The standard InChI is InChI=1S/C25H23FO.C3H8O2/c26-24-18-10-11-20(24)19-27-25(21-12-4-1-5-13-21,22-14-6-2-7-15-22)23-16-8-3-9-17-23;1-3(2,4)5/h1-9,12-17H,10-11,18-19H2;4-5H,1-2H3. The number of hydrogen-bond donors (Lipinski definition) is 2. The second-order valence-electron chi connectivity index (χ2n) is 8.42. The van der Waals surface area contributed by atoms with Crippen LogP contribution < -0.4 is 0 Å². The van der Waals surface area contributed by atoms with Gasteiger partial charge in [0.2, 0.25) is 0 Å². The SMILES string of the molecule is CC(C)(O)O.FC1=C(COC(c2ccccc2)(c2ccccc2)c2ccccc2)CCC1. The smallest absolute Gasteiger partial charge is 0.156 e. The zero-order chi connectivity index (χ0) is 23.0. The van der Waals surface area contributed by atoms with E-state index in [1.807, 2.05) is 54.6 Å². The van der Waals surface area contributed by atoms with Crippen LogP contribution in [0.2, 0.25) is 0 Å². The van der Waals surface area contributed by atoms with Gasteiger partial charge in [-0.05, 0) is 55.4 Å². The third-order valence-electron chi connectivity index (χ3n) is 5.26. The van der Waals surface area contributed by atoms with Crippen molar-refractivity contribution in [3.8, 4) is 0 Å². The zero-order valence-electron chi connectivity index (χ0n) is 18.7. The molecule has 168 valence electrons. The van der Waals surface area contributed by atoms with Gasteiger partial charge in [-0.15, -0.1) is 0 Å². The van der Waals surface area contributed by atoms with Gasteiger partial charge < -0.3 is 14.9 Å². The monoisotopic (exact) mass is 434 g/mol. The van der Waals surface area contributed by atoms with Gasteiger partial charge in [-0.2, -0.15) is 0 Å². The van der Waals surface area contributed by atoms with Crippen LogP contribution in [0.4, 0.5) is 4.39 Å². The summed E-state index contributed by atoms with van der Waals surface area (Å²) in [5, 5.41) is 16.2. The molecular formula is C28H31FO3. The van der Waals surface area contributed by atoms with Crippen LogP contribution in [0.25, 0.3) is 0 Å². The first-order valence-electron chi connectivity index (χ1n) is 10.9.